The third kappa shape index (κ3) is 4.27. The highest BCUT2D eigenvalue weighted by atomic mass is 16.5. The number of esters is 1. The number of carbonyl (C=O) groups excluding carboxylic acids is 1. The van der Waals surface area contributed by atoms with Gasteiger partial charge in [-0.2, -0.15) is 5.26 Å². The van der Waals surface area contributed by atoms with Gasteiger partial charge in [0.2, 0.25) is 0 Å². The maximum Gasteiger partial charge on any atom is 0.333 e. The topological polar surface area (TPSA) is 98.9 Å². The average Bonchev–Trinajstić information content (AvgIpc) is 3.21. The van der Waals surface area contributed by atoms with Crippen molar-refractivity contribution in [3.63, 3.8) is 0 Å². The number of nitrogens with zero attached hydrogens (tertiary/aromatic N) is 4. The molecule has 3 aliphatic rings. The van der Waals surface area contributed by atoms with Crippen LogP contribution in [-0.4, -0.2) is 72.3 Å². The number of piperidine rings is 2. The quantitative estimate of drug-likeness (QED) is 0.729. The van der Waals surface area contributed by atoms with E-state index in [1.165, 1.54) is 13.3 Å². The summed E-state index contributed by atoms with van der Waals surface area (Å²) in [5.74, 6) is 0.268. The average molecular weight is 412 g/mol. The van der Waals surface area contributed by atoms with Gasteiger partial charge >= 0.3 is 5.97 Å². The first-order chi connectivity index (χ1) is 14.5. The molecule has 0 radical (unpaired) electrons. The first kappa shape index (κ1) is 20.6. The highest BCUT2D eigenvalue weighted by molar-refractivity contribution is 5.85. The zero-order chi connectivity index (χ0) is 21.1. The minimum absolute atomic E-state index is 0.230. The summed E-state index contributed by atoms with van der Waals surface area (Å²) in [7, 11) is 1.54. The summed E-state index contributed by atoms with van der Waals surface area (Å²) in [4.78, 5) is 20.0. The van der Waals surface area contributed by atoms with E-state index in [2.05, 4.69) is 14.8 Å². The van der Waals surface area contributed by atoms with Crippen molar-refractivity contribution in [2.75, 3.05) is 46.4 Å². The van der Waals surface area contributed by atoms with Crippen LogP contribution in [0.2, 0.25) is 0 Å². The highest BCUT2D eigenvalue weighted by Crippen LogP contribution is 2.42. The SMILES string of the molecule is COc1cc(C#N)ncc1[C@@H](O)CN1CCC2(CC1)CCN(C1=CC(=O)OC1)CC2. The van der Waals surface area contributed by atoms with Crippen molar-refractivity contribution in [2.45, 2.75) is 31.8 Å². The number of β-amino-alcohol motifs (C(OH)–C–C–N with tert-alkyl or cyclic N) is 1. The number of hydrogen-bond acceptors (Lipinski definition) is 8. The molecule has 30 heavy (non-hydrogen) atoms. The van der Waals surface area contributed by atoms with Crippen LogP contribution in [-0.2, 0) is 9.53 Å². The second kappa shape index (κ2) is 8.62. The molecule has 0 saturated carbocycles. The van der Waals surface area contributed by atoms with Crippen LogP contribution in [0.3, 0.4) is 0 Å². The molecule has 0 unspecified atom stereocenters. The molecule has 8 heteroatoms. The van der Waals surface area contributed by atoms with E-state index in [1.807, 2.05) is 6.07 Å². The van der Waals surface area contributed by atoms with Crippen molar-refractivity contribution in [1.82, 2.24) is 14.8 Å². The Kier molecular flexibility index (Phi) is 5.93. The minimum Gasteiger partial charge on any atom is -0.496 e. The fourth-order valence-electron chi connectivity index (χ4n) is 4.80. The van der Waals surface area contributed by atoms with Gasteiger partial charge < -0.3 is 24.4 Å². The second-order valence-corrected chi connectivity index (χ2v) is 8.47. The molecule has 1 spiro atoms. The van der Waals surface area contributed by atoms with Gasteiger partial charge in [-0.3, -0.25) is 0 Å². The van der Waals surface area contributed by atoms with E-state index in [0.717, 1.165) is 57.6 Å². The first-order valence-electron chi connectivity index (χ1n) is 10.5. The molecule has 1 aromatic rings. The number of aliphatic hydroxyl groups excluding tert-OH is 1. The third-order valence-electron chi connectivity index (χ3n) is 6.81. The van der Waals surface area contributed by atoms with Gasteiger partial charge in [-0.05, 0) is 44.2 Å². The number of aromatic nitrogens is 1. The van der Waals surface area contributed by atoms with Crippen LogP contribution in [0, 0.1) is 16.7 Å². The van der Waals surface area contributed by atoms with Crippen molar-refractivity contribution in [1.29, 1.82) is 5.26 Å². The van der Waals surface area contributed by atoms with E-state index in [0.29, 0.717) is 29.9 Å². The standard InChI is InChI=1S/C22H28N4O4/c1-29-20-10-16(12-23)24-13-18(20)19(27)14-25-6-2-22(3-7-25)4-8-26(9-5-22)17-11-21(28)30-15-17/h10-11,13,19,27H,2-9,14-15H2,1H3/t19-/m0/s1. The minimum atomic E-state index is -0.706. The van der Waals surface area contributed by atoms with Crippen LogP contribution < -0.4 is 4.74 Å². The van der Waals surface area contributed by atoms with Crippen LogP contribution in [0.25, 0.3) is 0 Å². The molecule has 4 heterocycles. The molecule has 1 aromatic heterocycles. The Morgan fingerprint density at radius 1 is 1.30 bits per heavy atom. The van der Waals surface area contributed by atoms with Gasteiger partial charge in [-0.1, -0.05) is 0 Å². The summed E-state index contributed by atoms with van der Waals surface area (Å²) < 4.78 is 10.4. The Hall–Kier alpha value is -2.63. The monoisotopic (exact) mass is 412 g/mol. The summed E-state index contributed by atoms with van der Waals surface area (Å²) in [6, 6.07) is 3.56. The van der Waals surface area contributed by atoms with Crippen molar-refractivity contribution in [3.05, 3.63) is 35.3 Å². The van der Waals surface area contributed by atoms with E-state index < -0.39 is 6.10 Å². The molecule has 4 rings (SSSR count). The summed E-state index contributed by atoms with van der Waals surface area (Å²) >= 11 is 0. The Morgan fingerprint density at radius 2 is 2.00 bits per heavy atom. The first-order valence-corrected chi connectivity index (χ1v) is 10.5. The largest absolute Gasteiger partial charge is 0.496 e. The molecule has 2 saturated heterocycles. The number of carbonyl (C=O) groups is 1. The van der Waals surface area contributed by atoms with Gasteiger partial charge in [0.1, 0.15) is 24.1 Å². The lowest BCUT2D eigenvalue weighted by Crippen LogP contribution is -2.47. The lowest BCUT2D eigenvalue weighted by atomic mass is 9.71. The van der Waals surface area contributed by atoms with Gasteiger partial charge in [0.05, 0.1) is 18.9 Å². The van der Waals surface area contributed by atoms with Crippen molar-refractivity contribution in [3.8, 4) is 11.8 Å². The van der Waals surface area contributed by atoms with Crippen LogP contribution in [0.4, 0.5) is 0 Å². The molecule has 2 fully saturated rings. The number of rotatable bonds is 5. The van der Waals surface area contributed by atoms with Gasteiger partial charge in [-0.15, -0.1) is 0 Å². The maximum atomic E-state index is 11.3. The lowest BCUT2D eigenvalue weighted by molar-refractivity contribution is -0.135. The Bertz CT molecular complexity index is 860. The molecule has 0 aromatic carbocycles. The fraction of sp³-hybridized carbons (Fsp3) is 0.591. The van der Waals surface area contributed by atoms with Crippen LogP contribution in [0.1, 0.15) is 43.0 Å². The molecular weight excluding hydrogens is 384 g/mol. The van der Waals surface area contributed by atoms with E-state index >= 15 is 0 Å². The van der Waals surface area contributed by atoms with Crippen LogP contribution in [0.5, 0.6) is 5.75 Å². The molecule has 1 atom stereocenters. The van der Waals surface area contributed by atoms with Crippen molar-refractivity contribution in [2.24, 2.45) is 5.41 Å². The van der Waals surface area contributed by atoms with Gasteiger partial charge in [0, 0.05) is 43.5 Å². The zero-order valence-electron chi connectivity index (χ0n) is 17.3. The number of aliphatic hydroxyl groups is 1. The van der Waals surface area contributed by atoms with Gasteiger partial charge in [0.15, 0.2) is 0 Å². The summed E-state index contributed by atoms with van der Waals surface area (Å²) in [6.45, 7) is 4.78. The summed E-state index contributed by atoms with van der Waals surface area (Å²) in [6.07, 6.45) is 6.94. The maximum absolute atomic E-state index is 11.3. The van der Waals surface area contributed by atoms with E-state index in [4.69, 9.17) is 14.7 Å². The van der Waals surface area contributed by atoms with Crippen LogP contribution >= 0.6 is 0 Å². The smallest absolute Gasteiger partial charge is 0.333 e. The van der Waals surface area contributed by atoms with Crippen molar-refractivity contribution < 1.29 is 19.4 Å². The number of cyclic esters (lactones) is 1. The zero-order valence-corrected chi connectivity index (χ0v) is 17.3. The Labute approximate surface area is 176 Å². The number of nitriles is 1. The molecule has 1 N–H and O–H groups in total. The molecule has 0 bridgehead atoms. The lowest BCUT2D eigenvalue weighted by Gasteiger charge is -2.47. The molecular formula is C22H28N4O4. The molecule has 0 amide bonds. The number of likely N-dealkylation sites (tertiary alicyclic amines) is 2. The van der Waals surface area contributed by atoms with E-state index in [9.17, 15) is 9.90 Å². The van der Waals surface area contributed by atoms with E-state index in [-0.39, 0.29) is 11.7 Å². The molecule has 160 valence electrons. The number of pyridine rings is 1. The number of ether oxygens (including phenoxy) is 2. The number of hydrogen-bond donors (Lipinski definition) is 1. The second-order valence-electron chi connectivity index (χ2n) is 8.47. The molecule has 8 nitrogen and oxygen atoms in total. The highest BCUT2D eigenvalue weighted by Gasteiger charge is 2.38. The Morgan fingerprint density at radius 3 is 2.60 bits per heavy atom. The normalized spacial score (nSPS) is 22.4. The Balaban J connectivity index is 1.30. The van der Waals surface area contributed by atoms with Gasteiger partial charge in [-0.25, -0.2) is 9.78 Å². The van der Waals surface area contributed by atoms with Crippen LogP contribution in [0.15, 0.2) is 24.0 Å². The predicted octanol–water partition coefficient (Wildman–Crippen LogP) is 1.61. The summed E-state index contributed by atoms with van der Waals surface area (Å²) in [5, 5.41) is 19.7. The summed E-state index contributed by atoms with van der Waals surface area (Å²) in [5.41, 5.74) is 2.26. The number of methoxy groups -OCH3 is 1. The van der Waals surface area contributed by atoms with Crippen molar-refractivity contribution >= 4 is 5.97 Å². The third-order valence-corrected chi connectivity index (χ3v) is 6.81. The molecule has 0 aliphatic carbocycles. The molecule has 3 aliphatic heterocycles. The van der Waals surface area contributed by atoms with E-state index in [1.54, 1.807) is 12.1 Å². The van der Waals surface area contributed by atoms with Gasteiger partial charge in [0.25, 0.3) is 0 Å². The fourth-order valence-corrected chi connectivity index (χ4v) is 4.80. The predicted molar refractivity (Wildman–Crippen MR) is 108 cm³/mol.